The van der Waals surface area contributed by atoms with Gasteiger partial charge in [0.15, 0.2) is 0 Å². The van der Waals surface area contributed by atoms with Crippen LogP contribution < -0.4 is 5.73 Å². The number of thioether (sulfide) groups is 1. The molecule has 6 nitrogen and oxygen atoms in total. The zero-order valence-corrected chi connectivity index (χ0v) is 10.8. The van der Waals surface area contributed by atoms with Crippen molar-refractivity contribution in [3.8, 4) is 6.07 Å². The molecule has 2 rings (SSSR count). The maximum absolute atomic E-state index is 13.0. The van der Waals surface area contributed by atoms with E-state index in [0.717, 1.165) is 5.56 Å². The molecule has 0 atom stereocenters. The number of halogens is 1. The van der Waals surface area contributed by atoms with Gasteiger partial charge in [0, 0.05) is 12.3 Å². The predicted molar refractivity (Wildman–Crippen MR) is 67.5 cm³/mol. The summed E-state index contributed by atoms with van der Waals surface area (Å²) in [5.41, 5.74) is 6.52. The van der Waals surface area contributed by atoms with Gasteiger partial charge in [-0.3, -0.25) is 0 Å². The maximum atomic E-state index is 13.0. The van der Waals surface area contributed by atoms with Crippen molar-refractivity contribution in [2.45, 2.75) is 17.5 Å². The van der Waals surface area contributed by atoms with Gasteiger partial charge < -0.3 is 5.73 Å². The molecule has 2 aromatic rings. The van der Waals surface area contributed by atoms with E-state index in [-0.39, 0.29) is 0 Å². The maximum Gasteiger partial charge on any atom is 0.209 e. The minimum absolute atomic E-state index is 0.324. The smallest absolute Gasteiger partial charge is 0.209 e. The Balaban J connectivity index is 2.10. The first-order valence-corrected chi connectivity index (χ1v) is 6.50. The number of rotatable bonds is 5. The highest BCUT2D eigenvalue weighted by Gasteiger charge is 2.09. The summed E-state index contributed by atoms with van der Waals surface area (Å²) in [6.45, 7) is 0.975. The fourth-order valence-corrected chi connectivity index (χ4v) is 2.39. The van der Waals surface area contributed by atoms with Crippen molar-refractivity contribution >= 4 is 11.8 Å². The first kappa shape index (κ1) is 13.5. The van der Waals surface area contributed by atoms with Crippen molar-refractivity contribution in [2.75, 3.05) is 6.54 Å². The monoisotopic (exact) mass is 278 g/mol. The number of hydrogen-bond donors (Lipinski definition) is 1. The van der Waals surface area contributed by atoms with Crippen molar-refractivity contribution in [3.05, 3.63) is 35.1 Å². The molecule has 0 fully saturated rings. The van der Waals surface area contributed by atoms with Gasteiger partial charge in [0.1, 0.15) is 5.82 Å². The summed E-state index contributed by atoms with van der Waals surface area (Å²) in [7, 11) is 0. The van der Waals surface area contributed by atoms with Crippen LogP contribution in [-0.2, 0) is 12.3 Å². The molecule has 0 amide bonds. The first-order chi connectivity index (χ1) is 9.24. The quantitative estimate of drug-likeness (QED) is 0.818. The van der Waals surface area contributed by atoms with Crippen molar-refractivity contribution in [1.82, 2.24) is 20.2 Å². The average Bonchev–Trinajstić information content (AvgIpc) is 2.85. The van der Waals surface area contributed by atoms with Crippen molar-refractivity contribution < 1.29 is 4.39 Å². The van der Waals surface area contributed by atoms with E-state index in [1.165, 1.54) is 23.9 Å². The number of tetrazole rings is 1. The number of nitrogens with two attached hydrogens (primary N) is 1. The van der Waals surface area contributed by atoms with Gasteiger partial charge >= 0.3 is 0 Å². The second-order valence-electron chi connectivity index (χ2n) is 3.68. The third kappa shape index (κ3) is 3.27. The van der Waals surface area contributed by atoms with E-state index in [9.17, 15) is 4.39 Å². The molecule has 98 valence electrons. The van der Waals surface area contributed by atoms with E-state index in [2.05, 4.69) is 15.5 Å². The van der Waals surface area contributed by atoms with Gasteiger partial charge in [-0.1, -0.05) is 17.8 Å². The number of aromatic nitrogens is 4. The lowest BCUT2D eigenvalue weighted by Gasteiger charge is -2.04. The molecule has 1 aromatic heterocycles. The molecule has 0 spiro atoms. The lowest BCUT2D eigenvalue weighted by molar-refractivity contribution is 0.557. The predicted octanol–water partition coefficient (Wildman–Crippen LogP) is 0.935. The fourth-order valence-electron chi connectivity index (χ4n) is 1.48. The van der Waals surface area contributed by atoms with Crippen LogP contribution in [0.2, 0.25) is 0 Å². The molecule has 0 aliphatic heterocycles. The standard InChI is InChI=1S/C11H11FN6S/c12-10-2-1-8(9(5-10)6-14)7-19-11-15-16-17-18(11)4-3-13/h1-2,5H,3-4,7,13H2. The molecule has 0 saturated carbocycles. The fraction of sp³-hybridized carbons (Fsp3) is 0.273. The topological polar surface area (TPSA) is 93.4 Å². The second-order valence-corrected chi connectivity index (χ2v) is 4.62. The van der Waals surface area contributed by atoms with E-state index in [4.69, 9.17) is 11.0 Å². The molecule has 0 saturated heterocycles. The zero-order valence-electron chi connectivity index (χ0n) is 9.95. The molecule has 0 radical (unpaired) electrons. The van der Waals surface area contributed by atoms with Crippen LogP contribution >= 0.6 is 11.8 Å². The average molecular weight is 278 g/mol. The molecule has 2 N–H and O–H groups in total. The van der Waals surface area contributed by atoms with Gasteiger partial charge in [-0.05, 0) is 28.1 Å². The molecule has 0 bridgehead atoms. The Morgan fingerprint density at radius 3 is 3.05 bits per heavy atom. The van der Waals surface area contributed by atoms with Crippen LogP contribution in [0.3, 0.4) is 0 Å². The molecule has 19 heavy (non-hydrogen) atoms. The number of nitriles is 1. The molecule has 1 heterocycles. The van der Waals surface area contributed by atoms with Gasteiger partial charge in [-0.2, -0.15) is 5.26 Å². The Hall–Kier alpha value is -1.98. The summed E-state index contributed by atoms with van der Waals surface area (Å²) in [6.07, 6.45) is 0. The second kappa shape index (κ2) is 6.26. The van der Waals surface area contributed by atoms with Crippen LogP contribution in [0.25, 0.3) is 0 Å². The third-order valence-electron chi connectivity index (χ3n) is 2.39. The van der Waals surface area contributed by atoms with E-state index in [1.807, 2.05) is 6.07 Å². The molecule has 0 aliphatic rings. The minimum Gasteiger partial charge on any atom is -0.329 e. The SMILES string of the molecule is N#Cc1cc(F)ccc1CSc1nnnn1CCN. The zero-order chi connectivity index (χ0) is 13.7. The Labute approximate surface area is 113 Å². The highest BCUT2D eigenvalue weighted by Crippen LogP contribution is 2.22. The Morgan fingerprint density at radius 1 is 1.47 bits per heavy atom. The van der Waals surface area contributed by atoms with Crippen LogP contribution in [-0.4, -0.2) is 26.8 Å². The van der Waals surface area contributed by atoms with Crippen molar-refractivity contribution in [3.63, 3.8) is 0 Å². The van der Waals surface area contributed by atoms with E-state index < -0.39 is 5.82 Å². The van der Waals surface area contributed by atoms with Crippen LogP contribution in [0, 0.1) is 17.1 Å². The summed E-state index contributed by atoms with van der Waals surface area (Å²) < 4.78 is 14.6. The molecule has 0 unspecified atom stereocenters. The van der Waals surface area contributed by atoms with E-state index >= 15 is 0 Å². The Morgan fingerprint density at radius 2 is 2.32 bits per heavy atom. The van der Waals surface area contributed by atoms with Crippen LogP contribution in [0.5, 0.6) is 0 Å². The van der Waals surface area contributed by atoms with Crippen LogP contribution in [0.1, 0.15) is 11.1 Å². The van der Waals surface area contributed by atoms with Gasteiger partial charge in [0.2, 0.25) is 5.16 Å². The van der Waals surface area contributed by atoms with E-state index in [0.29, 0.717) is 29.6 Å². The number of nitrogens with zero attached hydrogens (tertiary/aromatic N) is 5. The molecule has 1 aromatic carbocycles. The largest absolute Gasteiger partial charge is 0.329 e. The summed E-state index contributed by atoms with van der Waals surface area (Å²) in [5, 5.41) is 20.8. The lowest BCUT2D eigenvalue weighted by Crippen LogP contribution is -2.12. The van der Waals surface area contributed by atoms with Crippen molar-refractivity contribution in [2.24, 2.45) is 5.73 Å². The molecular formula is C11H11FN6S. The molecular weight excluding hydrogens is 267 g/mol. The molecule has 0 aliphatic carbocycles. The third-order valence-corrected chi connectivity index (χ3v) is 3.40. The first-order valence-electron chi connectivity index (χ1n) is 5.52. The number of hydrogen-bond acceptors (Lipinski definition) is 6. The summed E-state index contributed by atoms with van der Waals surface area (Å²) in [4.78, 5) is 0. The van der Waals surface area contributed by atoms with Crippen LogP contribution in [0.4, 0.5) is 4.39 Å². The molecule has 8 heteroatoms. The highest BCUT2D eigenvalue weighted by atomic mass is 32.2. The Bertz CT molecular complexity index is 605. The summed E-state index contributed by atoms with van der Waals surface area (Å²) in [5.74, 6) is 0.0759. The highest BCUT2D eigenvalue weighted by molar-refractivity contribution is 7.98. The Kier molecular flexibility index (Phi) is 4.43. The van der Waals surface area contributed by atoms with Gasteiger partial charge in [-0.25, -0.2) is 9.07 Å². The van der Waals surface area contributed by atoms with Gasteiger partial charge in [-0.15, -0.1) is 5.10 Å². The van der Waals surface area contributed by atoms with Gasteiger partial charge in [0.25, 0.3) is 0 Å². The lowest BCUT2D eigenvalue weighted by atomic mass is 10.1. The minimum atomic E-state index is -0.418. The van der Waals surface area contributed by atoms with Crippen LogP contribution in [0.15, 0.2) is 23.4 Å². The van der Waals surface area contributed by atoms with Crippen molar-refractivity contribution in [1.29, 1.82) is 5.26 Å². The summed E-state index contributed by atoms with van der Waals surface area (Å²) >= 11 is 1.38. The van der Waals surface area contributed by atoms with Gasteiger partial charge in [0.05, 0.1) is 18.2 Å². The summed E-state index contributed by atoms with van der Waals surface area (Å²) in [6, 6.07) is 6.12. The van der Waals surface area contributed by atoms with E-state index in [1.54, 1.807) is 10.7 Å². The normalized spacial score (nSPS) is 10.4. The number of benzene rings is 1.